The molecule has 1 amide bonds. The van der Waals surface area contributed by atoms with Gasteiger partial charge in [0.2, 0.25) is 5.91 Å². The quantitative estimate of drug-likeness (QED) is 0.910. The summed E-state index contributed by atoms with van der Waals surface area (Å²) in [5.74, 6) is -1.35. The van der Waals surface area contributed by atoms with Crippen LogP contribution < -0.4 is 5.32 Å². The normalized spacial score (nSPS) is 21.0. The van der Waals surface area contributed by atoms with Crippen LogP contribution in [0.5, 0.6) is 0 Å². The molecule has 1 aliphatic rings. The molecule has 2 aromatic carbocycles. The lowest BCUT2D eigenvalue weighted by molar-refractivity contribution is -0.144. The van der Waals surface area contributed by atoms with E-state index in [1.807, 2.05) is 18.2 Å². The van der Waals surface area contributed by atoms with E-state index in [0.29, 0.717) is 19.4 Å². The number of hydrogen-bond donors (Lipinski definition) is 2. The number of carboxylic acids is 1. The molecule has 3 rings (SSSR count). The number of carbonyl (C=O) groups is 2. The number of carboxylic acid groups (broad SMARTS) is 1. The molecule has 4 nitrogen and oxygen atoms in total. The van der Waals surface area contributed by atoms with Gasteiger partial charge in [0, 0.05) is 12.5 Å². The van der Waals surface area contributed by atoms with Gasteiger partial charge in [0.25, 0.3) is 0 Å². The van der Waals surface area contributed by atoms with Crippen LogP contribution in [0.25, 0.3) is 10.8 Å². The molecule has 2 N–H and O–H groups in total. The molecule has 2 aromatic rings. The maximum absolute atomic E-state index is 12.3. The van der Waals surface area contributed by atoms with E-state index < -0.39 is 5.97 Å². The van der Waals surface area contributed by atoms with Gasteiger partial charge in [-0.3, -0.25) is 9.59 Å². The Bertz CT molecular complexity index is 725. The van der Waals surface area contributed by atoms with Crippen molar-refractivity contribution in [2.75, 3.05) is 0 Å². The maximum atomic E-state index is 12.3. The lowest BCUT2D eigenvalue weighted by Crippen LogP contribution is -2.35. The van der Waals surface area contributed by atoms with E-state index in [1.165, 1.54) is 5.39 Å². The second kappa shape index (κ2) is 6.82. The molecule has 1 aliphatic carbocycles. The number of hydrogen-bond acceptors (Lipinski definition) is 2. The third-order valence-corrected chi connectivity index (χ3v) is 4.67. The molecule has 0 radical (unpaired) electrons. The molecule has 2 atom stereocenters. The fraction of sp³-hybridized carbons (Fsp3) is 0.368. The van der Waals surface area contributed by atoms with Gasteiger partial charge >= 0.3 is 5.97 Å². The van der Waals surface area contributed by atoms with Gasteiger partial charge in [0.05, 0.1) is 5.92 Å². The Morgan fingerprint density at radius 1 is 1.04 bits per heavy atom. The van der Waals surface area contributed by atoms with Crippen molar-refractivity contribution in [1.29, 1.82) is 0 Å². The zero-order valence-electron chi connectivity index (χ0n) is 13.0. The molecule has 0 spiro atoms. The highest BCUT2D eigenvalue weighted by atomic mass is 16.4. The van der Waals surface area contributed by atoms with E-state index in [2.05, 4.69) is 29.6 Å². The van der Waals surface area contributed by atoms with E-state index in [1.54, 1.807) is 0 Å². The summed E-state index contributed by atoms with van der Waals surface area (Å²) in [5.41, 5.74) is 1.06. The fourth-order valence-corrected chi connectivity index (χ4v) is 3.33. The molecule has 0 saturated heterocycles. The minimum atomic E-state index is -0.781. The van der Waals surface area contributed by atoms with Gasteiger partial charge in [-0.15, -0.1) is 0 Å². The van der Waals surface area contributed by atoms with Crippen molar-refractivity contribution in [1.82, 2.24) is 5.32 Å². The Morgan fingerprint density at radius 3 is 2.57 bits per heavy atom. The lowest BCUT2D eigenvalue weighted by atomic mass is 9.81. The molecule has 0 bridgehead atoms. The molecule has 0 aliphatic heterocycles. The summed E-state index contributed by atoms with van der Waals surface area (Å²) in [5, 5.41) is 14.4. The molecule has 0 heterocycles. The molecule has 0 aromatic heterocycles. The molecule has 1 saturated carbocycles. The van der Waals surface area contributed by atoms with Gasteiger partial charge in [-0.2, -0.15) is 0 Å². The standard InChI is InChI=1S/C19H21NO3/c21-18(16-6-3-7-17(11-16)19(22)23)20-12-13-8-9-14-4-1-2-5-15(14)10-13/h1-2,4-5,8-10,16-17H,3,6-7,11-12H2,(H,20,21)(H,22,23). The van der Waals surface area contributed by atoms with Crippen molar-refractivity contribution in [3.8, 4) is 0 Å². The smallest absolute Gasteiger partial charge is 0.306 e. The fourth-order valence-electron chi connectivity index (χ4n) is 3.33. The third-order valence-electron chi connectivity index (χ3n) is 4.67. The number of carbonyl (C=O) groups excluding carboxylic acids is 1. The topological polar surface area (TPSA) is 66.4 Å². The summed E-state index contributed by atoms with van der Waals surface area (Å²) < 4.78 is 0. The van der Waals surface area contributed by atoms with Crippen LogP contribution in [-0.2, 0) is 16.1 Å². The number of aliphatic carboxylic acids is 1. The Kier molecular flexibility index (Phi) is 4.60. The highest BCUT2D eigenvalue weighted by molar-refractivity contribution is 5.83. The minimum absolute atomic E-state index is 0.0240. The van der Waals surface area contributed by atoms with Gasteiger partial charge in [0.1, 0.15) is 0 Å². The average molecular weight is 311 g/mol. The van der Waals surface area contributed by atoms with Crippen molar-refractivity contribution in [2.24, 2.45) is 11.8 Å². The second-order valence-electron chi connectivity index (χ2n) is 6.30. The van der Waals surface area contributed by atoms with Crippen LogP contribution in [0.2, 0.25) is 0 Å². The Labute approximate surface area is 135 Å². The van der Waals surface area contributed by atoms with Crippen molar-refractivity contribution in [3.63, 3.8) is 0 Å². The summed E-state index contributed by atoms with van der Waals surface area (Å²) in [6, 6.07) is 14.3. The first kappa shape index (κ1) is 15.5. The number of rotatable bonds is 4. The van der Waals surface area contributed by atoms with Crippen LogP contribution in [0.3, 0.4) is 0 Å². The van der Waals surface area contributed by atoms with Gasteiger partial charge in [-0.1, -0.05) is 42.8 Å². The third kappa shape index (κ3) is 3.70. The van der Waals surface area contributed by atoms with Crippen molar-refractivity contribution >= 4 is 22.6 Å². The number of fused-ring (bicyclic) bond motifs is 1. The average Bonchev–Trinajstić information content (AvgIpc) is 2.59. The summed E-state index contributed by atoms with van der Waals surface area (Å²) in [4.78, 5) is 23.4. The van der Waals surface area contributed by atoms with Crippen molar-refractivity contribution in [3.05, 3.63) is 48.0 Å². The Balaban J connectivity index is 1.60. The number of nitrogens with one attached hydrogen (secondary N) is 1. The highest BCUT2D eigenvalue weighted by Gasteiger charge is 2.30. The van der Waals surface area contributed by atoms with Crippen LogP contribution >= 0.6 is 0 Å². The van der Waals surface area contributed by atoms with E-state index >= 15 is 0 Å². The van der Waals surface area contributed by atoms with Crippen LogP contribution in [0.1, 0.15) is 31.2 Å². The lowest BCUT2D eigenvalue weighted by Gasteiger charge is -2.25. The second-order valence-corrected chi connectivity index (χ2v) is 6.30. The number of benzene rings is 2. The van der Waals surface area contributed by atoms with E-state index in [4.69, 9.17) is 5.11 Å². The van der Waals surface area contributed by atoms with Crippen LogP contribution in [-0.4, -0.2) is 17.0 Å². The predicted octanol–water partition coefficient (Wildman–Crippen LogP) is 3.35. The van der Waals surface area contributed by atoms with Gasteiger partial charge in [0.15, 0.2) is 0 Å². The Hall–Kier alpha value is -2.36. The summed E-state index contributed by atoms with van der Waals surface area (Å²) in [6.07, 6.45) is 2.74. The van der Waals surface area contributed by atoms with Gasteiger partial charge in [-0.05, 0) is 41.7 Å². The largest absolute Gasteiger partial charge is 0.481 e. The predicted molar refractivity (Wildman–Crippen MR) is 88.9 cm³/mol. The molecule has 120 valence electrons. The Morgan fingerprint density at radius 2 is 1.78 bits per heavy atom. The van der Waals surface area contributed by atoms with E-state index in [-0.39, 0.29) is 17.7 Å². The summed E-state index contributed by atoms with van der Waals surface area (Å²) >= 11 is 0. The molecular formula is C19H21NO3. The van der Waals surface area contributed by atoms with Gasteiger partial charge < -0.3 is 10.4 Å². The van der Waals surface area contributed by atoms with E-state index in [9.17, 15) is 9.59 Å². The summed E-state index contributed by atoms with van der Waals surface area (Å²) in [6.45, 7) is 0.484. The van der Waals surface area contributed by atoms with Crippen LogP contribution in [0, 0.1) is 11.8 Å². The molecule has 2 unspecified atom stereocenters. The maximum Gasteiger partial charge on any atom is 0.306 e. The van der Waals surface area contributed by atoms with Gasteiger partial charge in [-0.25, -0.2) is 0 Å². The first-order valence-corrected chi connectivity index (χ1v) is 8.11. The first-order valence-electron chi connectivity index (χ1n) is 8.11. The SMILES string of the molecule is O=C(O)C1CCCC(C(=O)NCc2ccc3ccccc3c2)C1. The van der Waals surface area contributed by atoms with Crippen LogP contribution in [0.4, 0.5) is 0 Å². The van der Waals surface area contributed by atoms with Crippen molar-refractivity contribution < 1.29 is 14.7 Å². The first-order chi connectivity index (χ1) is 11.1. The van der Waals surface area contributed by atoms with Crippen molar-refractivity contribution in [2.45, 2.75) is 32.2 Å². The monoisotopic (exact) mass is 311 g/mol. The minimum Gasteiger partial charge on any atom is -0.481 e. The summed E-state index contributed by atoms with van der Waals surface area (Å²) in [7, 11) is 0. The number of amides is 1. The molecule has 4 heteroatoms. The zero-order chi connectivity index (χ0) is 16.2. The van der Waals surface area contributed by atoms with Crippen LogP contribution in [0.15, 0.2) is 42.5 Å². The zero-order valence-corrected chi connectivity index (χ0v) is 13.0. The molecular weight excluding hydrogens is 290 g/mol. The highest BCUT2D eigenvalue weighted by Crippen LogP contribution is 2.29. The van der Waals surface area contributed by atoms with E-state index in [0.717, 1.165) is 23.8 Å². The molecule has 1 fully saturated rings. The molecule has 23 heavy (non-hydrogen) atoms.